The number of aliphatic hydroxyl groups is 1. The lowest BCUT2D eigenvalue weighted by molar-refractivity contribution is -0.147. The van der Waals surface area contributed by atoms with E-state index < -0.39 is 59.9 Å². The minimum absolute atomic E-state index is 0.0425. The van der Waals surface area contributed by atoms with Gasteiger partial charge >= 0.3 is 0 Å². The smallest absolute Gasteiger partial charge is 0.243 e. The van der Waals surface area contributed by atoms with Crippen LogP contribution in [0.25, 0.3) is 11.0 Å². The second-order valence-corrected chi connectivity index (χ2v) is 17.0. The number of nitrogens with zero attached hydrogens (tertiary/aromatic N) is 4. The highest BCUT2D eigenvalue weighted by Gasteiger charge is 2.40. The number of benzene rings is 3. The number of Topliss-reactive ketones (excluding diaryl/α,β-unsaturated/α-hetero) is 1. The number of ketones is 1. The standard InChI is InChI=1S/C46H62N8O8/c1-31(2)26-37(42(56)46(5,60)30-62-54-40-19-13-12-18-35(40)51-52-54)48-45(59)39(28-34-16-10-7-11-17-34)50-44(58)38(27-32(3)4)49-43(57)36(21-20-33-14-8-6-9-15-33)47-41(55)29-53-22-24-61-25-23-53/h6-19,31-32,36-39,60H,20-30H2,1-5H3,(H,47,55)(H,48,59)(H,49,57)(H,50,58)/t36-,37?,38?,39-,46?/m0/s1. The Bertz CT molecular complexity index is 2070. The predicted octanol–water partition coefficient (Wildman–Crippen LogP) is 2.42. The number of para-hydroxylation sites is 1. The highest BCUT2D eigenvalue weighted by atomic mass is 16.7. The molecular weight excluding hydrogens is 793 g/mol. The number of carbonyl (C=O) groups is 5. The lowest BCUT2D eigenvalue weighted by Gasteiger charge is -2.30. The maximum Gasteiger partial charge on any atom is 0.243 e. The lowest BCUT2D eigenvalue weighted by Crippen LogP contribution is -2.60. The molecule has 16 heteroatoms. The molecule has 0 aliphatic carbocycles. The fourth-order valence-electron chi connectivity index (χ4n) is 7.28. The Labute approximate surface area is 363 Å². The van der Waals surface area contributed by atoms with Crippen molar-refractivity contribution < 1.29 is 38.7 Å². The average molecular weight is 855 g/mol. The normalized spacial score (nSPS) is 16.1. The van der Waals surface area contributed by atoms with Gasteiger partial charge in [-0.2, -0.15) is 0 Å². The van der Waals surface area contributed by atoms with Gasteiger partial charge in [-0.1, -0.05) is 105 Å². The summed E-state index contributed by atoms with van der Waals surface area (Å²) in [6.45, 7) is 10.8. The summed E-state index contributed by atoms with van der Waals surface area (Å²) in [6.07, 6.45) is 1.29. The Morgan fingerprint density at radius 1 is 0.726 bits per heavy atom. The van der Waals surface area contributed by atoms with Gasteiger partial charge in [-0.3, -0.25) is 28.9 Å². The van der Waals surface area contributed by atoms with Gasteiger partial charge in [0.05, 0.1) is 25.8 Å². The van der Waals surface area contributed by atoms with Crippen molar-refractivity contribution in [3.63, 3.8) is 0 Å². The zero-order valence-electron chi connectivity index (χ0n) is 36.4. The Balaban J connectivity index is 1.32. The maximum absolute atomic E-state index is 14.3. The van der Waals surface area contributed by atoms with Gasteiger partial charge in [0, 0.05) is 19.5 Å². The molecule has 3 aromatic carbocycles. The third-order valence-electron chi connectivity index (χ3n) is 10.6. The largest absolute Gasteiger partial charge is 0.391 e. The Morgan fingerprint density at radius 3 is 1.94 bits per heavy atom. The Hall–Kier alpha value is -5.71. The first-order valence-corrected chi connectivity index (χ1v) is 21.5. The molecule has 62 heavy (non-hydrogen) atoms. The van der Waals surface area contributed by atoms with Crippen molar-refractivity contribution in [2.75, 3.05) is 39.5 Å². The molecule has 4 amide bonds. The van der Waals surface area contributed by atoms with Crippen LogP contribution in [0.3, 0.4) is 0 Å². The molecule has 5 atom stereocenters. The van der Waals surface area contributed by atoms with E-state index >= 15 is 0 Å². The quantitative estimate of drug-likeness (QED) is 0.0733. The molecule has 1 aliphatic rings. The van der Waals surface area contributed by atoms with E-state index in [0.29, 0.717) is 43.8 Å². The van der Waals surface area contributed by atoms with Gasteiger partial charge in [0.2, 0.25) is 23.6 Å². The second kappa shape index (κ2) is 22.9. The molecule has 1 aromatic heterocycles. The molecule has 1 aliphatic heterocycles. The van der Waals surface area contributed by atoms with E-state index in [4.69, 9.17) is 9.57 Å². The molecule has 3 unspecified atom stereocenters. The fraction of sp³-hybridized carbons (Fsp3) is 0.500. The molecule has 16 nitrogen and oxygen atoms in total. The third kappa shape index (κ3) is 14.5. The number of morpholine rings is 1. The van der Waals surface area contributed by atoms with Crippen LogP contribution in [0, 0.1) is 11.8 Å². The molecule has 0 bridgehead atoms. The van der Waals surface area contributed by atoms with Gasteiger partial charge < -0.3 is 35.9 Å². The predicted molar refractivity (Wildman–Crippen MR) is 233 cm³/mol. The van der Waals surface area contributed by atoms with Crippen LogP contribution < -0.4 is 26.1 Å². The van der Waals surface area contributed by atoms with Crippen molar-refractivity contribution >= 4 is 40.4 Å². The molecule has 4 aromatic rings. The first-order chi connectivity index (χ1) is 29.7. The van der Waals surface area contributed by atoms with Crippen LogP contribution in [0.1, 0.15) is 65.0 Å². The topological polar surface area (TPSA) is 206 Å². The Morgan fingerprint density at radius 2 is 1.27 bits per heavy atom. The number of carbonyl (C=O) groups excluding carboxylic acids is 5. The van der Waals surface area contributed by atoms with Crippen LogP contribution in [-0.4, -0.2) is 124 Å². The SMILES string of the molecule is CC(C)CC(NC(=O)[C@H](CCc1ccccc1)NC(=O)CN1CCOCC1)C(=O)N[C@@H](Cc1ccccc1)C(=O)NC(CC(C)C)C(=O)C(C)(O)COn1nnc2ccccc21. The number of aryl methyl sites for hydroxylation is 1. The van der Waals surface area contributed by atoms with Crippen LogP contribution in [0.5, 0.6) is 0 Å². The summed E-state index contributed by atoms with van der Waals surface area (Å²) in [6, 6.07) is 21.5. The number of aromatic nitrogens is 3. The zero-order valence-corrected chi connectivity index (χ0v) is 36.4. The van der Waals surface area contributed by atoms with Crippen molar-refractivity contribution in [1.82, 2.24) is 41.3 Å². The van der Waals surface area contributed by atoms with Crippen LogP contribution >= 0.6 is 0 Å². The molecule has 0 radical (unpaired) electrons. The van der Waals surface area contributed by atoms with Gasteiger partial charge in [0.25, 0.3) is 0 Å². The third-order valence-corrected chi connectivity index (χ3v) is 10.6. The lowest BCUT2D eigenvalue weighted by atomic mass is 9.90. The summed E-state index contributed by atoms with van der Waals surface area (Å²) < 4.78 is 5.42. The summed E-state index contributed by atoms with van der Waals surface area (Å²) in [5, 5.41) is 31.0. The van der Waals surface area contributed by atoms with Crippen molar-refractivity contribution in [2.24, 2.45) is 11.8 Å². The van der Waals surface area contributed by atoms with E-state index in [-0.39, 0.29) is 50.0 Å². The minimum atomic E-state index is -2.06. The second-order valence-electron chi connectivity index (χ2n) is 17.0. The molecule has 334 valence electrons. The summed E-state index contributed by atoms with van der Waals surface area (Å²) in [5.41, 5.74) is 0.795. The highest BCUT2D eigenvalue weighted by molar-refractivity contribution is 5.98. The highest BCUT2D eigenvalue weighted by Crippen LogP contribution is 2.17. The number of hydrogen-bond donors (Lipinski definition) is 5. The first-order valence-electron chi connectivity index (χ1n) is 21.5. The van der Waals surface area contributed by atoms with Crippen LogP contribution in [0.2, 0.25) is 0 Å². The van der Waals surface area contributed by atoms with Crippen molar-refractivity contribution in [2.45, 2.75) is 96.5 Å². The van der Waals surface area contributed by atoms with Gasteiger partial charge in [0.15, 0.2) is 18.0 Å². The number of ether oxygens (including phenoxy) is 1. The number of hydrogen-bond acceptors (Lipinski definition) is 11. The minimum Gasteiger partial charge on any atom is -0.391 e. The van der Waals surface area contributed by atoms with Crippen LogP contribution in [0.15, 0.2) is 84.9 Å². The van der Waals surface area contributed by atoms with Crippen LogP contribution in [0.4, 0.5) is 0 Å². The molecule has 1 fully saturated rings. The maximum atomic E-state index is 14.3. The van der Waals surface area contributed by atoms with Crippen molar-refractivity contribution in [1.29, 1.82) is 0 Å². The van der Waals surface area contributed by atoms with Gasteiger partial charge in [-0.05, 0) is 72.9 Å². The van der Waals surface area contributed by atoms with E-state index in [1.54, 1.807) is 24.3 Å². The monoisotopic (exact) mass is 854 g/mol. The van der Waals surface area contributed by atoms with Crippen molar-refractivity contribution in [3.8, 4) is 0 Å². The zero-order chi connectivity index (χ0) is 44.6. The van der Waals surface area contributed by atoms with E-state index in [0.717, 1.165) is 16.0 Å². The molecule has 0 spiro atoms. The average Bonchev–Trinajstić information content (AvgIpc) is 3.67. The molecule has 1 saturated heterocycles. The summed E-state index contributed by atoms with van der Waals surface area (Å²) in [7, 11) is 0. The van der Waals surface area contributed by atoms with E-state index in [9.17, 15) is 29.1 Å². The van der Waals surface area contributed by atoms with E-state index in [1.807, 2.05) is 93.3 Å². The molecule has 2 heterocycles. The summed E-state index contributed by atoms with van der Waals surface area (Å²) >= 11 is 0. The molecule has 5 rings (SSSR count). The van der Waals surface area contributed by atoms with Gasteiger partial charge in [0.1, 0.15) is 29.2 Å². The number of nitrogens with one attached hydrogen (secondary N) is 4. The fourth-order valence-corrected chi connectivity index (χ4v) is 7.28. The van der Waals surface area contributed by atoms with Crippen LogP contribution in [-0.2, 0) is 41.6 Å². The van der Waals surface area contributed by atoms with Gasteiger partial charge in [-0.25, -0.2) is 0 Å². The molecule has 5 N–H and O–H groups in total. The number of rotatable bonds is 23. The summed E-state index contributed by atoms with van der Waals surface area (Å²) in [4.78, 5) is 78.9. The Kier molecular flexibility index (Phi) is 17.5. The van der Waals surface area contributed by atoms with E-state index in [1.165, 1.54) is 6.92 Å². The molecular formula is C46H62N8O8. The molecule has 0 saturated carbocycles. The summed E-state index contributed by atoms with van der Waals surface area (Å²) in [5.74, 6) is -2.88. The first kappa shape index (κ1) is 47.3. The van der Waals surface area contributed by atoms with Crippen molar-refractivity contribution in [3.05, 3.63) is 96.1 Å². The number of fused-ring (bicyclic) bond motifs is 1. The van der Waals surface area contributed by atoms with Gasteiger partial charge in [-0.15, -0.1) is 5.10 Å². The number of amides is 4. The van der Waals surface area contributed by atoms with E-state index in [2.05, 4.69) is 31.6 Å².